The van der Waals surface area contributed by atoms with Crippen LogP contribution in [0.4, 0.5) is 10.5 Å². The summed E-state index contributed by atoms with van der Waals surface area (Å²) >= 11 is 4.29. The van der Waals surface area contributed by atoms with Crippen LogP contribution in [0.25, 0.3) is 0 Å². The van der Waals surface area contributed by atoms with Crippen LogP contribution in [0.1, 0.15) is 12.0 Å². The summed E-state index contributed by atoms with van der Waals surface area (Å²) in [4.78, 5) is 46.5. The number of rotatable bonds is 6. The molecule has 0 saturated carbocycles. The van der Waals surface area contributed by atoms with Crippen molar-refractivity contribution in [3.05, 3.63) is 39.9 Å². The number of thiol groups is 1. The van der Waals surface area contributed by atoms with Gasteiger partial charge in [-0.25, -0.2) is 4.79 Å². The maximum Gasteiger partial charge on any atom is 0.410 e. The SMILES string of the molecule is NC(=O)CNC(=O)[C@@H]1C[C@H](S)CN1C(=O)OCc1ccc([N+](=O)[O-])cc1. The second kappa shape index (κ2) is 8.52. The average molecular weight is 382 g/mol. The minimum atomic E-state index is -0.804. The van der Waals surface area contributed by atoms with Gasteiger partial charge >= 0.3 is 6.09 Å². The van der Waals surface area contributed by atoms with Gasteiger partial charge in [-0.05, 0) is 24.1 Å². The highest BCUT2D eigenvalue weighted by molar-refractivity contribution is 7.81. The molecular formula is C15H18N4O6S. The number of hydrogen-bond donors (Lipinski definition) is 3. The summed E-state index contributed by atoms with van der Waals surface area (Å²) in [5, 5.41) is 12.8. The fraction of sp³-hybridized carbons (Fsp3) is 0.400. The lowest BCUT2D eigenvalue weighted by Crippen LogP contribution is -2.47. The number of carbonyl (C=O) groups excluding carboxylic acids is 3. The van der Waals surface area contributed by atoms with Gasteiger partial charge in [-0.1, -0.05) is 0 Å². The zero-order valence-electron chi connectivity index (χ0n) is 13.7. The fourth-order valence-electron chi connectivity index (χ4n) is 2.50. The Labute approximate surface area is 154 Å². The van der Waals surface area contributed by atoms with E-state index in [-0.39, 0.29) is 30.6 Å². The molecule has 26 heavy (non-hydrogen) atoms. The van der Waals surface area contributed by atoms with E-state index >= 15 is 0 Å². The molecule has 3 N–H and O–H groups in total. The Morgan fingerprint density at radius 1 is 1.35 bits per heavy atom. The first kappa shape index (κ1) is 19.5. The zero-order chi connectivity index (χ0) is 19.3. The summed E-state index contributed by atoms with van der Waals surface area (Å²) in [5.74, 6) is -1.20. The van der Waals surface area contributed by atoms with Crippen LogP contribution in [-0.4, -0.2) is 52.1 Å². The van der Waals surface area contributed by atoms with Gasteiger partial charge in [0.15, 0.2) is 0 Å². The first-order valence-electron chi connectivity index (χ1n) is 7.68. The molecule has 3 amide bonds. The van der Waals surface area contributed by atoms with Crippen LogP contribution in [0.15, 0.2) is 24.3 Å². The molecule has 0 aliphatic carbocycles. The highest BCUT2D eigenvalue weighted by Crippen LogP contribution is 2.23. The lowest BCUT2D eigenvalue weighted by atomic mass is 10.2. The Bertz CT molecular complexity index is 711. The number of hydrogen-bond acceptors (Lipinski definition) is 7. The first-order chi connectivity index (χ1) is 12.3. The summed E-state index contributed by atoms with van der Waals surface area (Å²) in [6.45, 7) is -0.199. The van der Waals surface area contributed by atoms with Crippen molar-refractivity contribution in [1.29, 1.82) is 0 Å². The number of nitrogens with zero attached hydrogens (tertiary/aromatic N) is 2. The summed E-state index contributed by atoms with van der Waals surface area (Å²) in [7, 11) is 0. The number of nitrogens with two attached hydrogens (primary N) is 1. The van der Waals surface area contributed by atoms with Crippen LogP contribution in [-0.2, 0) is 20.9 Å². The van der Waals surface area contributed by atoms with Gasteiger partial charge in [-0.15, -0.1) is 0 Å². The molecule has 140 valence electrons. The predicted molar refractivity (Wildman–Crippen MR) is 93.4 cm³/mol. The smallest absolute Gasteiger partial charge is 0.410 e. The van der Waals surface area contributed by atoms with E-state index in [2.05, 4.69) is 17.9 Å². The minimum Gasteiger partial charge on any atom is -0.445 e. The van der Waals surface area contributed by atoms with Gasteiger partial charge in [0.1, 0.15) is 12.6 Å². The standard InChI is InChI=1S/C15H18N4O6S/c16-13(20)6-17-14(21)12-5-11(26)7-18(12)15(22)25-8-9-1-3-10(4-2-9)19(23)24/h1-4,11-12,26H,5-8H2,(H2,16,20)(H,17,21)/t11-,12-/m0/s1. The van der Waals surface area contributed by atoms with E-state index in [0.717, 1.165) is 0 Å². The molecule has 1 aromatic carbocycles. The maximum absolute atomic E-state index is 12.3. The molecule has 0 unspecified atom stereocenters. The number of nitrogens with one attached hydrogen (secondary N) is 1. The van der Waals surface area contributed by atoms with E-state index in [4.69, 9.17) is 10.5 Å². The Balaban J connectivity index is 1.94. The molecule has 1 aliphatic rings. The quantitative estimate of drug-likeness (QED) is 0.364. The molecule has 1 fully saturated rings. The van der Waals surface area contributed by atoms with Crippen LogP contribution in [0.3, 0.4) is 0 Å². The largest absolute Gasteiger partial charge is 0.445 e. The van der Waals surface area contributed by atoms with Crippen molar-refractivity contribution in [3.8, 4) is 0 Å². The molecule has 1 saturated heterocycles. The minimum absolute atomic E-state index is 0.0660. The number of ether oxygens (including phenoxy) is 1. The number of non-ortho nitro benzene ring substituents is 1. The number of amides is 3. The lowest BCUT2D eigenvalue weighted by molar-refractivity contribution is -0.384. The van der Waals surface area contributed by atoms with Crippen molar-refractivity contribution in [3.63, 3.8) is 0 Å². The third-order valence-electron chi connectivity index (χ3n) is 3.76. The lowest BCUT2D eigenvalue weighted by Gasteiger charge is -2.23. The number of nitro benzene ring substituents is 1. The molecular weight excluding hydrogens is 364 g/mol. The number of likely N-dealkylation sites (tertiary alicyclic amines) is 1. The molecule has 11 heteroatoms. The number of benzene rings is 1. The Morgan fingerprint density at radius 3 is 2.58 bits per heavy atom. The number of carbonyl (C=O) groups is 3. The summed E-state index contributed by atoms with van der Waals surface area (Å²) in [6, 6.07) is 4.77. The highest BCUT2D eigenvalue weighted by Gasteiger charge is 2.39. The van der Waals surface area contributed by atoms with E-state index in [1.54, 1.807) is 0 Å². The van der Waals surface area contributed by atoms with Gasteiger partial charge in [0.05, 0.1) is 11.5 Å². The van der Waals surface area contributed by atoms with Gasteiger partial charge in [-0.2, -0.15) is 12.6 Å². The number of nitro groups is 1. The van der Waals surface area contributed by atoms with Crippen molar-refractivity contribution in [1.82, 2.24) is 10.2 Å². The van der Waals surface area contributed by atoms with Crippen molar-refractivity contribution in [2.75, 3.05) is 13.1 Å². The Morgan fingerprint density at radius 2 is 2.00 bits per heavy atom. The average Bonchev–Trinajstić information content (AvgIpc) is 2.99. The van der Waals surface area contributed by atoms with Crippen LogP contribution >= 0.6 is 12.6 Å². The van der Waals surface area contributed by atoms with Crippen molar-refractivity contribution in [2.24, 2.45) is 5.73 Å². The van der Waals surface area contributed by atoms with Gasteiger partial charge in [0, 0.05) is 23.9 Å². The predicted octanol–water partition coefficient (Wildman–Crippen LogP) is 0.206. The normalized spacial score (nSPS) is 19.0. The van der Waals surface area contributed by atoms with E-state index in [0.29, 0.717) is 12.0 Å². The second-order valence-electron chi connectivity index (χ2n) is 5.72. The molecule has 0 aromatic heterocycles. The van der Waals surface area contributed by atoms with E-state index in [1.165, 1.54) is 29.2 Å². The molecule has 2 atom stereocenters. The summed E-state index contributed by atoms with van der Waals surface area (Å²) in [5.41, 5.74) is 5.49. The molecule has 1 aliphatic heterocycles. The number of primary amides is 1. The van der Waals surface area contributed by atoms with Crippen molar-refractivity contribution >= 4 is 36.2 Å². The Kier molecular flexibility index (Phi) is 6.39. The first-order valence-corrected chi connectivity index (χ1v) is 8.20. The van der Waals surface area contributed by atoms with E-state index < -0.39 is 28.9 Å². The maximum atomic E-state index is 12.3. The topological polar surface area (TPSA) is 145 Å². The molecule has 0 spiro atoms. The molecule has 2 rings (SSSR count). The monoisotopic (exact) mass is 382 g/mol. The Hall–Kier alpha value is -2.82. The molecule has 0 bridgehead atoms. The van der Waals surface area contributed by atoms with Crippen LogP contribution in [0.5, 0.6) is 0 Å². The summed E-state index contributed by atoms with van der Waals surface area (Å²) < 4.78 is 5.18. The van der Waals surface area contributed by atoms with Gasteiger partial charge in [-0.3, -0.25) is 24.6 Å². The molecule has 10 nitrogen and oxygen atoms in total. The fourth-order valence-corrected chi connectivity index (χ4v) is 2.87. The van der Waals surface area contributed by atoms with Crippen LogP contribution in [0, 0.1) is 10.1 Å². The van der Waals surface area contributed by atoms with Crippen LogP contribution < -0.4 is 11.1 Å². The van der Waals surface area contributed by atoms with Crippen LogP contribution in [0.2, 0.25) is 0 Å². The van der Waals surface area contributed by atoms with E-state index in [9.17, 15) is 24.5 Å². The summed E-state index contributed by atoms with van der Waals surface area (Å²) in [6.07, 6.45) is -0.389. The van der Waals surface area contributed by atoms with Gasteiger partial charge in [0.2, 0.25) is 11.8 Å². The molecule has 1 aromatic rings. The molecule has 0 radical (unpaired) electrons. The van der Waals surface area contributed by atoms with Gasteiger partial charge in [0.25, 0.3) is 5.69 Å². The third kappa shape index (κ3) is 5.09. The molecule has 1 heterocycles. The van der Waals surface area contributed by atoms with Crippen molar-refractivity contribution in [2.45, 2.75) is 24.3 Å². The zero-order valence-corrected chi connectivity index (χ0v) is 14.6. The second-order valence-corrected chi connectivity index (χ2v) is 6.45. The van der Waals surface area contributed by atoms with Gasteiger partial charge < -0.3 is 15.8 Å². The van der Waals surface area contributed by atoms with E-state index in [1.807, 2.05) is 0 Å². The third-order valence-corrected chi connectivity index (χ3v) is 4.14. The van der Waals surface area contributed by atoms with Crippen molar-refractivity contribution < 1.29 is 24.0 Å². The highest BCUT2D eigenvalue weighted by atomic mass is 32.1.